The summed E-state index contributed by atoms with van der Waals surface area (Å²) in [6.45, 7) is 11.5. The number of amides is 1. The normalized spacial score (nSPS) is 10.4. The van der Waals surface area contributed by atoms with Gasteiger partial charge in [0.05, 0.1) is 0 Å². The highest BCUT2D eigenvalue weighted by molar-refractivity contribution is 7.09. The van der Waals surface area contributed by atoms with E-state index < -0.39 is 0 Å². The lowest BCUT2D eigenvalue weighted by Gasteiger charge is -2.11. The minimum absolute atomic E-state index is 0.161. The van der Waals surface area contributed by atoms with Crippen molar-refractivity contribution in [2.45, 2.75) is 53.1 Å². The molecule has 0 saturated carbocycles. The molecule has 3 aromatic carbocycles. The molecule has 0 saturated heterocycles. The van der Waals surface area contributed by atoms with Crippen LogP contribution in [0.1, 0.15) is 74.3 Å². The summed E-state index contributed by atoms with van der Waals surface area (Å²) in [5, 5.41) is 9.52. The Balaban J connectivity index is 0.000000306. The number of thiazole rings is 1. The van der Waals surface area contributed by atoms with Gasteiger partial charge in [0.2, 0.25) is 0 Å². The fraction of sp³-hybridized carbons (Fsp3) is 0.343. The molecule has 43 heavy (non-hydrogen) atoms. The second-order valence-corrected chi connectivity index (χ2v) is 11.9. The van der Waals surface area contributed by atoms with Gasteiger partial charge in [-0.3, -0.25) is 9.59 Å². The molecule has 0 spiro atoms. The molecule has 4 rings (SSSR count). The Kier molecular flexibility index (Phi) is 15.9. The molecule has 230 valence electrons. The van der Waals surface area contributed by atoms with E-state index in [-0.39, 0.29) is 5.91 Å². The summed E-state index contributed by atoms with van der Waals surface area (Å²) in [7, 11) is 4.10. The van der Waals surface area contributed by atoms with E-state index in [9.17, 15) is 9.59 Å². The lowest BCUT2D eigenvalue weighted by Crippen LogP contribution is -2.27. The highest BCUT2D eigenvalue weighted by Gasteiger charge is 2.06. The number of aldehydes is 1. The number of nitrogens with zero attached hydrogens (tertiary/aromatic N) is 2. The molecule has 4 N–H and O–H groups in total. The predicted molar refractivity (Wildman–Crippen MR) is 181 cm³/mol. The molecule has 0 fully saturated rings. The number of rotatable bonds is 11. The Morgan fingerprint density at radius 2 is 1.74 bits per heavy atom. The Morgan fingerprint density at radius 3 is 2.33 bits per heavy atom. The first-order chi connectivity index (χ1) is 20.6. The first-order valence-electron chi connectivity index (χ1n) is 14.6. The lowest BCUT2D eigenvalue weighted by molar-refractivity contribution is 0.0953. The summed E-state index contributed by atoms with van der Waals surface area (Å²) in [5.74, 6) is 0.288. The quantitative estimate of drug-likeness (QED) is 0.101. The third-order valence-electron chi connectivity index (χ3n) is 6.19. The van der Waals surface area contributed by atoms with Gasteiger partial charge in [-0.2, -0.15) is 0 Å². The summed E-state index contributed by atoms with van der Waals surface area (Å²) in [6.07, 6.45) is 1.56. The number of aryl methyl sites for hydroxylation is 2. The molecule has 1 heterocycles. The largest absolute Gasteiger partial charge is 0.399 e. The van der Waals surface area contributed by atoms with Crippen LogP contribution in [0.5, 0.6) is 0 Å². The van der Waals surface area contributed by atoms with Gasteiger partial charge in [-0.15, -0.1) is 11.3 Å². The smallest absolute Gasteiger partial charge is 0.251 e. The molecule has 0 aliphatic heterocycles. The van der Waals surface area contributed by atoms with E-state index in [0.717, 1.165) is 43.7 Å². The molecule has 0 unspecified atom stereocenters. The molecule has 1 amide bonds. The topological polar surface area (TPSA) is 100 Å². The van der Waals surface area contributed by atoms with E-state index >= 15 is 0 Å². The summed E-state index contributed by atoms with van der Waals surface area (Å²) in [6, 6.07) is 23.1. The van der Waals surface area contributed by atoms with Gasteiger partial charge >= 0.3 is 0 Å². The molecule has 0 atom stereocenters. The van der Waals surface area contributed by atoms with E-state index in [4.69, 9.17) is 5.73 Å². The second-order valence-electron chi connectivity index (χ2n) is 11.0. The predicted octanol–water partition coefficient (Wildman–Crippen LogP) is 6.62. The monoisotopic (exact) mass is 601 g/mol. The van der Waals surface area contributed by atoms with Crippen LogP contribution in [0.25, 0.3) is 0 Å². The van der Waals surface area contributed by atoms with Crippen molar-refractivity contribution in [3.63, 3.8) is 0 Å². The van der Waals surface area contributed by atoms with Crippen molar-refractivity contribution in [3.8, 4) is 0 Å². The van der Waals surface area contributed by atoms with E-state index in [0.29, 0.717) is 23.6 Å². The van der Waals surface area contributed by atoms with Crippen molar-refractivity contribution in [2.75, 3.05) is 32.9 Å². The fourth-order valence-corrected chi connectivity index (χ4v) is 4.85. The van der Waals surface area contributed by atoms with Gasteiger partial charge in [0.1, 0.15) is 11.3 Å². The summed E-state index contributed by atoms with van der Waals surface area (Å²) in [5.41, 5.74) is 12.6. The van der Waals surface area contributed by atoms with Gasteiger partial charge in [-0.05, 0) is 82.2 Å². The van der Waals surface area contributed by atoms with Crippen LogP contribution in [0.15, 0.2) is 78.2 Å². The first kappa shape index (κ1) is 35.3. The van der Waals surface area contributed by atoms with Crippen molar-refractivity contribution < 1.29 is 9.59 Å². The highest BCUT2D eigenvalue weighted by Crippen LogP contribution is 2.19. The third-order valence-corrected chi connectivity index (χ3v) is 7.14. The van der Waals surface area contributed by atoms with Gasteiger partial charge in [0, 0.05) is 47.5 Å². The van der Waals surface area contributed by atoms with Crippen LogP contribution >= 0.6 is 11.3 Å². The van der Waals surface area contributed by atoms with Crippen LogP contribution < -0.4 is 16.4 Å². The summed E-state index contributed by atoms with van der Waals surface area (Å²) in [4.78, 5) is 29.3. The van der Waals surface area contributed by atoms with Crippen molar-refractivity contribution >= 4 is 29.2 Å². The molecule has 7 nitrogen and oxygen atoms in total. The van der Waals surface area contributed by atoms with Crippen LogP contribution in [0.4, 0.5) is 5.69 Å². The van der Waals surface area contributed by atoms with Crippen LogP contribution in [0.3, 0.4) is 0 Å². The van der Waals surface area contributed by atoms with E-state index in [2.05, 4.69) is 79.0 Å². The molecule has 4 aromatic rings. The molecule has 0 radical (unpaired) electrons. The van der Waals surface area contributed by atoms with Gasteiger partial charge in [0.15, 0.2) is 0 Å². The highest BCUT2D eigenvalue weighted by atomic mass is 32.1. The van der Waals surface area contributed by atoms with Crippen LogP contribution in [0, 0.1) is 13.8 Å². The number of carbonyl (C=O) groups excluding carboxylic acids is 2. The molecule has 0 aliphatic carbocycles. The maximum atomic E-state index is 12.0. The van der Waals surface area contributed by atoms with E-state index in [1.807, 2.05) is 37.3 Å². The van der Waals surface area contributed by atoms with E-state index in [1.165, 1.54) is 21.7 Å². The number of hydrogen-bond acceptors (Lipinski definition) is 7. The zero-order valence-corrected chi connectivity index (χ0v) is 27.2. The third kappa shape index (κ3) is 14.7. The number of anilines is 1. The molecule has 0 bridgehead atoms. The van der Waals surface area contributed by atoms with Gasteiger partial charge in [-0.25, -0.2) is 4.98 Å². The van der Waals surface area contributed by atoms with Crippen molar-refractivity contribution in [3.05, 3.63) is 117 Å². The number of nitrogen functional groups attached to an aromatic ring is 1. The zero-order valence-electron chi connectivity index (χ0n) is 26.4. The summed E-state index contributed by atoms with van der Waals surface area (Å²) < 4.78 is 0. The number of aromatic nitrogens is 1. The second kappa shape index (κ2) is 19.4. The maximum Gasteiger partial charge on any atom is 0.251 e. The number of nitrogens with one attached hydrogen (secondary N) is 2. The van der Waals surface area contributed by atoms with Gasteiger partial charge < -0.3 is 21.3 Å². The average Bonchev–Trinajstić information content (AvgIpc) is 3.39. The minimum Gasteiger partial charge on any atom is -0.399 e. The Hall–Kier alpha value is -3.85. The molecular formula is C35H47N5O2S. The Bertz CT molecular complexity index is 1390. The molecule has 0 aliphatic rings. The first-order valence-corrected chi connectivity index (χ1v) is 15.5. The zero-order chi connectivity index (χ0) is 31.6. The van der Waals surface area contributed by atoms with Crippen molar-refractivity contribution in [2.24, 2.45) is 0 Å². The Labute approximate surface area is 261 Å². The molecule has 8 heteroatoms. The van der Waals surface area contributed by atoms with Crippen molar-refractivity contribution in [1.82, 2.24) is 20.5 Å². The number of nitrogens with two attached hydrogens (primary N) is 1. The number of carbonyl (C=O) groups is 2. The molecular weight excluding hydrogens is 554 g/mol. The number of hydrogen-bond donors (Lipinski definition) is 3. The van der Waals surface area contributed by atoms with Crippen LogP contribution in [0.2, 0.25) is 0 Å². The SMILES string of the molecule is CC(C)c1cc(N)cc(CNCCCNC(=O)c2cccc(C=O)c2)c1.Cc1ccccc1.Cc1csc(CN(C)C)n1. The van der Waals surface area contributed by atoms with E-state index in [1.54, 1.807) is 35.6 Å². The van der Waals surface area contributed by atoms with Crippen LogP contribution in [-0.4, -0.2) is 49.3 Å². The standard InChI is InChI=1S/C21H27N3O2.C7H12N2S.C7H8/c1-15(2)19-10-17(11-20(22)12-19)13-23-7-4-8-24-21(26)18-6-3-5-16(9-18)14-25;1-6-5-10-7(8-6)4-9(2)3;1-7-5-3-2-4-6-7/h3,5-6,9-12,14-15,23H,4,7-8,13,22H2,1-2H3,(H,24,26);5H,4H2,1-3H3;2-6H,1H3. The van der Waals surface area contributed by atoms with Gasteiger partial charge in [-0.1, -0.05) is 67.9 Å². The minimum atomic E-state index is -0.161. The summed E-state index contributed by atoms with van der Waals surface area (Å²) >= 11 is 1.73. The van der Waals surface area contributed by atoms with Crippen LogP contribution in [-0.2, 0) is 13.1 Å². The maximum absolute atomic E-state index is 12.0. The average molecular weight is 602 g/mol. The molecule has 1 aromatic heterocycles. The Morgan fingerprint density at radius 1 is 1.00 bits per heavy atom. The number of benzene rings is 3. The van der Waals surface area contributed by atoms with Crippen molar-refractivity contribution in [1.29, 1.82) is 0 Å². The van der Waals surface area contributed by atoms with Gasteiger partial charge in [0.25, 0.3) is 5.91 Å². The lowest BCUT2D eigenvalue weighted by atomic mass is 10.00. The fourth-order valence-electron chi connectivity index (χ4n) is 3.96.